The van der Waals surface area contributed by atoms with Gasteiger partial charge in [0.25, 0.3) is 0 Å². The number of morpholine rings is 1. The lowest BCUT2D eigenvalue weighted by molar-refractivity contribution is 0.0640. The summed E-state index contributed by atoms with van der Waals surface area (Å²) in [6.07, 6.45) is 0. The Morgan fingerprint density at radius 2 is 1.87 bits per heavy atom. The number of hydrogen-bond acceptors (Lipinski definition) is 2. The lowest BCUT2D eigenvalue weighted by atomic mass is 10.1. The number of hydrogen-bond donors (Lipinski definition) is 0. The summed E-state index contributed by atoms with van der Waals surface area (Å²) in [5.74, 6) is 0. The molecule has 0 atom stereocenters. The van der Waals surface area contributed by atoms with Crippen LogP contribution in [0.25, 0.3) is 5.70 Å². The molecule has 0 aliphatic carbocycles. The summed E-state index contributed by atoms with van der Waals surface area (Å²) < 4.78 is 5.32. The van der Waals surface area contributed by atoms with Crippen LogP contribution in [0.3, 0.4) is 0 Å². The third-order valence-electron chi connectivity index (χ3n) is 2.52. The van der Waals surface area contributed by atoms with Gasteiger partial charge in [-0.05, 0) is 5.56 Å². The van der Waals surface area contributed by atoms with Crippen LogP contribution in [-0.2, 0) is 4.74 Å². The first-order valence-electron chi connectivity index (χ1n) is 5.10. The maximum absolute atomic E-state index is 5.89. The number of rotatable bonds is 2. The predicted octanol–water partition coefficient (Wildman–Crippen LogP) is 2.56. The molecule has 0 aromatic heterocycles. The van der Waals surface area contributed by atoms with E-state index in [1.54, 1.807) is 5.54 Å². The summed E-state index contributed by atoms with van der Waals surface area (Å²) in [6.45, 7) is 3.38. The van der Waals surface area contributed by atoms with Crippen LogP contribution in [-0.4, -0.2) is 31.2 Å². The highest BCUT2D eigenvalue weighted by molar-refractivity contribution is 6.28. The first-order valence-corrected chi connectivity index (χ1v) is 5.54. The highest BCUT2D eigenvalue weighted by Gasteiger charge is 2.14. The quantitative estimate of drug-likeness (QED) is 0.764. The van der Waals surface area contributed by atoms with E-state index in [0.29, 0.717) is 0 Å². The topological polar surface area (TPSA) is 12.5 Å². The van der Waals surface area contributed by atoms with Crippen molar-refractivity contribution in [3.63, 3.8) is 0 Å². The standard InChI is InChI=1S/C12H14ClNO/c13-10-12(11-4-2-1-3-5-11)14-6-8-15-9-7-14/h1-5,10H,6-9H2/b12-10+. The average molecular weight is 224 g/mol. The lowest BCUT2D eigenvalue weighted by Crippen LogP contribution is -2.34. The Labute approximate surface area is 95.1 Å². The van der Waals surface area contributed by atoms with E-state index < -0.39 is 0 Å². The van der Waals surface area contributed by atoms with Gasteiger partial charge in [-0.3, -0.25) is 0 Å². The molecule has 0 saturated carbocycles. The minimum Gasteiger partial charge on any atom is -0.378 e. The summed E-state index contributed by atoms with van der Waals surface area (Å²) >= 11 is 5.89. The zero-order valence-corrected chi connectivity index (χ0v) is 9.28. The molecule has 0 unspecified atom stereocenters. The van der Waals surface area contributed by atoms with E-state index in [1.807, 2.05) is 18.2 Å². The molecule has 0 N–H and O–H groups in total. The van der Waals surface area contributed by atoms with Gasteiger partial charge in [0.1, 0.15) is 0 Å². The second-order valence-corrected chi connectivity index (χ2v) is 3.68. The maximum Gasteiger partial charge on any atom is 0.0642 e. The van der Waals surface area contributed by atoms with Crippen molar-refractivity contribution in [2.45, 2.75) is 0 Å². The fraction of sp³-hybridized carbons (Fsp3) is 0.333. The van der Waals surface area contributed by atoms with Gasteiger partial charge in [0.05, 0.1) is 18.9 Å². The third-order valence-corrected chi connectivity index (χ3v) is 2.73. The number of benzene rings is 1. The molecule has 0 amide bonds. The van der Waals surface area contributed by atoms with Crippen LogP contribution in [0.4, 0.5) is 0 Å². The Morgan fingerprint density at radius 1 is 1.20 bits per heavy atom. The molecule has 15 heavy (non-hydrogen) atoms. The van der Waals surface area contributed by atoms with Gasteiger partial charge < -0.3 is 9.64 Å². The van der Waals surface area contributed by atoms with E-state index in [2.05, 4.69) is 17.0 Å². The zero-order chi connectivity index (χ0) is 10.5. The van der Waals surface area contributed by atoms with Gasteiger partial charge in [-0.15, -0.1) is 0 Å². The van der Waals surface area contributed by atoms with Crippen molar-refractivity contribution in [1.29, 1.82) is 0 Å². The highest BCUT2D eigenvalue weighted by Crippen LogP contribution is 2.20. The number of ether oxygens (including phenoxy) is 1. The van der Waals surface area contributed by atoms with Gasteiger partial charge in [0, 0.05) is 18.6 Å². The van der Waals surface area contributed by atoms with E-state index >= 15 is 0 Å². The Hall–Kier alpha value is -0.990. The molecule has 80 valence electrons. The summed E-state index contributed by atoms with van der Waals surface area (Å²) in [7, 11) is 0. The molecule has 1 heterocycles. The molecule has 0 spiro atoms. The molecule has 0 radical (unpaired) electrons. The normalized spacial score (nSPS) is 17.9. The fourth-order valence-electron chi connectivity index (χ4n) is 1.73. The molecule has 1 aliphatic rings. The molecule has 0 bridgehead atoms. The minimum absolute atomic E-state index is 0.779. The van der Waals surface area contributed by atoms with Crippen molar-refractivity contribution in [2.24, 2.45) is 0 Å². The van der Waals surface area contributed by atoms with Crippen LogP contribution < -0.4 is 0 Å². The van der Waals surface area contributed by atoms with Gasteiger partial charge >= 0.3 is 0 Å². The summed E-state index contributed by atoms with van der Waals surface area (Å²) in [5.41, 5.74) is 3.90. The van der Waals surface area contributed by atoms with E-state index in [4.69, 9.17) is 16.3 Å². The number of nitrogens with zero attached hydrogens (tertiary/aromatic N) is 1. The molecular formula is C12H14ClNO. The molecule has 2 nitrogen and oxygen atoms in total. The van der Waals surface area contributed by atoms with Gasteiger partial charge in [0.2, 0.25) is 0 Å². The van der Waals surface area contributed by atoms with E-state index in [0.717, 1.165) is 37.6 Å². The molecule has 3 heteroatoms. The van der Waals surface area contributed by atoms with Crippen LogP contribution >= 0.6 is 11.6 Å². The third kappa shape index (κ3) is 2.52. The molecule has 1 saturated heterocycles. The van der Waals surface area contributed by atoms with Crippen LogP contribution in [0.1, 0.15) is 5.56 Å². The first kappa shape index (κ1) is 10.5. The fourth-order valence-corrected chi connectivity index (χ4v) is 1.99. The minimum atomic E-state index is 0.779. The van der Waals surface area contributed by atoms with Crippen molar-refractivity contribution in [2.75, 3.05) is 26.3 Å². The SMILES string of the molecule is Cl/C=C(\c1ccccc1)N1CCOCC1. The summed E-state index contributed by atoms with van der Waals surface area (Å²) in [5, 5.41) is 0. The largest absolute Gasteiger partial charge is 0.378 e. The first-order chi connectivity index (χ1) is 7.42. The predicted molar refractivity (Wildman–Crippen MR) is 62.7 cm³/mol. The van der Waals surface area contributed by atoms with Gasteiger partial charge in [0.15, 0.2) is 0 Å². The van der Waals surface area contributed by atoms with Crippen LogP contribution in [0, 0.1) is 0 Å². The van der Waals surface area contributed by atoms with Crippen molar-refractivity contribution in [1.82, 2.24) is 4.90 Å². The van der Waals surface area contributed by atoms with Gasteiger partial charge in [-0.25, -0.2) is 0 Å². The van der Waals surface area contributed by atoms with Crippen LogP contribution in [0.2, 0.25) is 0 Å². The Balaban J connectivity index is 2.17. The maximum atomic E-state index is 5.89. The second kappa shape index (κ2) is 5.19. The molecule has 1 fully saturated rings. The highest BCUT2D eigenvalue weighted by atomic mass is 35.5. The summed E-state index contributed by atoms with van der Waals surface area (Å²) in [4.78, 5) is 2.26. The second-order valence-electron chi connectivity index (χ2n) is 3.46. The Bertz CT molecular complexity index is 331. The van der Waals surface area contributed by atoms with Crippen molar-refractivity contribution >= 4 is 17.3 Å². The Kier molecular flexibility index (Phi) is 3.64. The molecule has 1 aliphatic heterocycles. The monoisotopic (exact) mass is 223 g/mol. The van der Waals surface area contributed by atoms with Crippen molar-refractivity contribution in [3.05, 3.63) is 41.4 Å². The van der Waals surface area contributed by atoms with E-state index in [-0.39, 0.29) is 0 Å². The molecule has 1 aromatic carbocycles. The molecule has 2 rings (SSSR count). The summed E-state index contributed by atoms with van der Waals surface area (Å²) in [6, 6.07) is 10.2. The smallest absolute Gasteiger partial charge is 0.0642 e. The average Bonchev–Trinajstić information content (AvgIpc) is 2.33. The van der Waals surface area contributed by atoms with Crippen molar-refractivity contribution in [3.8, 4) is 0 Å². The van der Waals surface area contributed by atoms with E-state index in [1.165, 1.54) is 0 Å². The molecule has 1 aromatic rings. The van der Waals surface area contributed by atoms with Gasteiger partial charge in [-0.2, -0.15) is 0 Å². The van der Waals surface area contributed by atoms with Gasteiger partial charge in [-0.1, -0.05) is 41.9 Å². The number of halogens is 1. The van der Waals surface area contributed by atoms with Crippen molar-refractivity contribution < 1.29 is 4.74 Å². The van der Waals surface area contributed by atoms with Crippen LogP contribution in [0.15, 0.2) is 35.9 Å². The van der Waals surface area contributed by atoms with E-state index in [9.17, 15) is 0 Å². The zero-order valence-electron chi connectivity index (χ0n) is 8.53. The Morgan fingerprint density at radius 3 is 2.47 bits per heavy atom. The van der Waals surface area contributed by atoms with Crippen LogP contribution in [0.5, 0.6) is 0 Å². The lowest BCUT2D eigenvalue weighted by Gasteiger charge is -2.30. The molecular weight excluding hydrogens is 210 g/mol.